The van der Waals surface area contributed by atoms with Gasteiger partial charge in [-0.15, -0.1) is 0 Å². The van der Waals surface area contributed by atoms with Gasteiger partial charge in [-0.2, -0.15) is 0 Å². The lowest BCUT2D eigenvalue weighted by molar-refractivity contribution is -0.130. The van der Waals surface area contributed by atoms with Gasteiger partial charge >= 0.3 is 6.09 Å². The quantitative estimate of drug-likeness (QED) is 0.402. The van der Waals surface area contributed by atoms with Crippen LogP contribution in [0.5, 0.6) is 0 Å². The summed E-state index contributed by atoms with van der Waals surface area (Å²) in [5, 5.41) is 2.51. The number of aromatic amines is 1. The second-order valence-electron chi connectivity index (χ2n) is 9.61. The predicted octanol–water partition coefficient (Wildman–Crippen LogP) is 5.18. The number of benzene rings is 3. The molecule has 2 aliphatic rings. The number of methoxy groups -OCH3 is 1. The SMILES string of the molecule is COC(=O)NCC(=O)N1CCC[C@H]1C1=Cc2cc(-c3ccc(-c4ccc5nc[nH]c5c4)cc3)ccc2C1. The molecule has 186 valence electrons. The molecule has 1 atom stereocenters. The van der Waals surface area contributed by atoms with Crippen molar-refractivity contribution in [3.63, 3.8) is 0 Å². The number of amides is 2. The number of imidazole rings is 1. The zero-order valence-corrected chi connectivity index (χ0v) is 20.7. The van der Waals surface area contributed by atoms with Crippen LogP contribution < -0.4 is 5.32 Å². The molecule has 37 heavy (non-hydrogen) atoms. The number of nitrogens with zero attached hydrogens (tertiary/aromatic N) is 2. The minimum Gasteiger partial charge on any atom is -0.453 e. The van der Waals surface area contributed by atoms with Crippen LogP contribution in [0.1, 0.15) is 24.0 Å². The van der Waals surface area contributed by atoms with Gasteiger partial charge in [0.2, 0.25) is 5.91 Å². The van der Waals surface area contributed by atoms with Crippen LogP contribution in [0.15, 0.2) is 72.6 Å². The number of H-pyrrole nitrogens is 1. The Balaban J connectivity index is 1.19. The number of hydrogen-bond acceptors (Lipinski definition) is 4. The first-order valence-electron chi connectivity index (χ1n) is 12.6. The van der Waals surface area contributed by atoms with Gasteiger partial charge in [0.1, 0.15) is 6.54 Å². The Hall–Kier alpha value is -4.39. The van der Waals surface area contributed by atoms with Crippen molar-refractivity contribution in [2.45, 2.75) is 25.3 Å². The maximum atomic E-state index is 12.7. The molecule has 0 spiro atoms. The van der Waals surface area contributed by atoms with Gasteiger partial charge in [-0.25, -0.2) is 9.78 Å². The van der Waals surface area contributed by atoms with Gasteiger partial charge in [0.25, 0.3) is 0 Å². The molecule has 1 aliphatic heterocycles. The number of fused-ring (bicyclic) bond motifs is 2. The highest BCUT2D eigenvalue weighted by Crippen LogP contribution is 2.36. The number of ether oxygens (including phenoxy) is 1. The number of alkyl carbamates (subject to hydrolysis) is 1. The Morgan fingerprint density at radius 1 is 1.03 bits per heavy atom. The average molecular weight is 493 g/mol. The second-order valence-corrected chi connectivity index (χ2v) is 9.61. The highest BCUT2D eigenvalue weighted by atomic mass is 16.5. The average Bonchev–Trinajstić information content (AvgIpc) is 3.69. The molecule has 6 rings (SSSR count). The molecule has 1 saturated heterocycles. The minimum atomic E-state index is -0.587. The molecule has 7 nitrogen and oxygen atoms in total. The van der Waals surface area contributed by atoms with Gasteiger partial charge in [0.15, 0.2) is 0 Å². The number of aromatic nitrogens is 2. The van der Waals surface area contributed by atoms with Crippen molar-refractivity contribution in [1.29, 1.82) is 0 Å². The van der Waals surface area contributed by atoms with Gasteiger partial charge in [0, 0.05) is 6.54 Å². The van der Waals surface area contributed by atoms with Crippen LogP contribution in [-0.4, -0.2) is 53.1 Å². The third-order valence-corrected chi connectivity index (χ3v) is 7.42. The van der Waals surface area contributed by atoms with Crippen molar-refractivity contribution in [2.24, 2.45) is 0 Å². The van der Waals surface area contributed by atoms with Gasteiger partial charge < -0.3 is 19.9 Å². The maximum absolute atomic E-state index is 12.7. The first kappa shape index (κ1) is 23.0. The molecule has 2 N–H and O–H groups in total. The van der Waals surface area contributed by atoms with E-state index in [1.54, 1.807) is 6.33 Å². The lowest BCUT2D eigenvalue weighted by Gasteiger charge is -2.26. The Morgan fingerprint density at radius 2 is 1.76 bits per heavy atom. The van der Waals surface area contributed by atoms with Gasteiger partial charge in [-0.1, -0.05) is 48.5 Å². The molecular formula is C30H28N4O3. The Kier molecular flexibility index (Phi) is 5.96. The third-order valence-electron chi connectivity index (χ3n) is 7.42. The molecular weight excluding hydrogens is 464 g/mol. The monoisotopic (exact) mass is 492 g/mol. The topological polar surface area (TPSA) is 87.3 Å². The Labute approximate surface area is 215 Å². The number of nitrogens with one attached hydrogen (secondary N) is 2. The third kappa shape index (κ3) is 4.48. The molecule has 2 heterocycles. The summed E-state index contributed by atoms with van der Waals surface area (Å²) in [5.41, 5.74) is 10.4. The van der Waals surface area contributed by atoms with E-state index in [4.69, 9.17) is 0 Å². The molecule has 1 aliphatic carbocycles. The molecule has 4 aromatic rings. The van der Waals surface area contributed by atoms with E-state index in [2.05, 4.69) is 80.7 Å². The van der Waals surface area contributed by atoms with Crippen molar-refractivity contribution < 1.29 is 14.3 Å². The van der Waals surface area contributed by atoms with Gasteiger partial charge in [0.05, 0.1) is 30.5 Å². The lowest BCUT2D eigenvalue weighted by Crippen LogP contribution is -2.43. The van der Waals surface area contributed by atoms with Gasteiger partial charge in [-0.05, 0) is 76.4 Å². The summed E-state index contributed by atoms with van der Waals surface area (Å²) in [4.78, 5) is 33.5. The Bertz CT molecular complexity index is 1520. The van der Waals surface area contributed by atoms with Crippen LogP contribution in [0.2, 0.25) is 0 Å². The summed E-state index contributed by atoms with van der Waals surface area (Å²) in [6, 6.07) is 21.6. The van der Waals surface area contributed by atoms with E-state index in [-0.39, 0.29) is 18.5 Å². The molecule has 0 saturated carbocycles. The molecule has 0 radical (unpaired) electrons. The van der Waals surface area contributed by atoms with E-state index in [0.29, 0.717) is 6.54 Å². The fourth-order valence-electron chi connectivity index (χ4n) is 5.50. The van der Waals surface area contributed by atoms with Crippen molar-refractivity contribution >= 4 is 29.1 Å². The zero-order chi connectivity index (χ0) is 25.4. The van der Waals surface area contributed by atoms with E-state index < -0.39 is 6.09 Å². The fourth-order valence-corrected chi connectivity index (χ4v) is 5.50. The zero-order valence-electron chi connectivity index (χ0n) is 20.7. The van der Waals surface area contributed by atoms with E-state index in [1.165, 1.54) is 34.9 Å². The van der Waals surface area contributed by atoms with E-state index in [9.17, 15) is 9.59 Å². The van der Waals surface area contributed by atoms with Crippen LogP contribution in [-0.2, 0) is 16.0 Å². The van der Waals surface area contributed by atoms with Crippen LogP contribution in [0.3, 0.4) is 0 Å². The van der Waals surface area contributed by atoms with E-state index in [1.807, 2.05) is 11.0 Å². The molecule has 1 fully saturated rings. The predicted molar refractivity (Wildman–Crippen MR) is 144 cm³/mol. The molecule has 0 bridgehead atoms. The second kappa shape index (κ2) is 9.58. The lowest BCUT2D eigenvalue weighted by atomic mass is 9.97. The normalized spacial score (nSPS) is 16.5. The first-order chi connectivity index (χ1) is 18.1. The van der Waals surface area contributed by atoms with E-state index >= 15 is 0 Å². The number of rotatable bonds is 5. The van der Waals surface area contributed by atoms with Crippen LogP contribution in [0.25, 0.3) is 39.4 Å². The van der Waals surface area contributed by atoms with Gasteiger partial charge in [-0.3, -0.25) is 4.79 Å². The van der Waals surface area contributed by atoms with Crippen molar-refractivity contribution in [3.05, 3.63) is 83.7 Å². The summed E-state index contributed by atoms with van der Waals surface area (Å²) < 4.78 is 4.59. The summed E-state index contributed by atoms with van der Waals surface area (Å²) in [7, 11) is 1.29. The van der Waals surface area contributed by atoms with E-state index in [0.717, 1.165) is 41.4 Å². The highest BCUT2D eigenvalue weighted by molar-refractivity contribution is 5.84. The molecule has 3 aromatic carbocycles. The number of carbonyl (C=O) groups is 2. The molecule has 0 unspecified atom stereocenters. The number of carbonyl (C=O) groups excluding carboxylic acids is 2. The summed E-state index contributed by atoms with van der Waals surface area (Å²) >= 11 is 0. The summed E-state index contributed by atoms with van der Waals surface area (Å²) in [5.74, 6) is -0.0720. The standard InChI is InChI=1S/C30H28N4O3/c1-37-30(36)31-17-29(35)34-12-2-3-28(34)25-14-22-9-8-21(13-24(22)15-25)19-4-6-20(7-5-19)23-10-11-26-27(16-23)33-18-32-26/h4-11,13,15-16,18,28H,2-3,12,14,17H2,1H3,(H,31,36)(H,32,33)/t28-/m0/s1. The van der Waals surface area contributed by atoms with Crippen LogP contribution in [0.4, 0.5) is 4.79 Å². The molecule has 7 heteroatoms. The Morgan fingerprint density at radius 3 is 2.54 bits per heavy atom. The summed E-state index contributed by atoms with van der Waals surface area (Å²) in [6.45, 7) is 0.671. The largest absolute Gasteiger partial charge is 0.453 e. The number of hydrogen-bond donors (Lipinski definition) is 2. The van der Waals surface area contributed by atoms with Crippen LogP contribution in [0, 0.1) is 0 Å². The van der Waals surface area contributed by atoms with Crippen molar-refractivity contribution in [2.75, 3.05) is 20.2 Å². The summed E-state index contributed by atoms with van der Waals surface area (Å²) in [6.07, 6.45) is 6.14. The molecule has 1 aromatic heterocycles. The smallest absolute Gasteiger partial charge is 0.407 e. The number of likely N-dealkylation sites (tertiary alicyclic amines) is 1. The fraction of sp³-hybridized carbons (Fsp3) is 0.233. The van der Waals surface area contributed by atoms with Crippen LogP contribution >= 0.6 is 0 Å². The van der Waals surface area contributed by atoms with Crippen molar-refractivity contribution in [3.8, 4) is 22.3 Å². The first-order valence-corrected chi connectivity index (χ1v) is 12.6. The highest BCUT2D eigenvalue weighted by Gasteiger charge is 2.33. The maximum Gasteiger partial charge on any atom is 0.407 e. The minimum absolute atomic E-state index is 0.0424. The molecule has 2 amide bonds. The van der Waals surface area contributed by atoms with Crippen molar-refractivity contribution in [1.82, 2.24) is 20.2 Å².